The fraction of sp³-hybridized carbons (Fsp3) is 0.500. The van der Waals surface area contributed by atoms with Gasteiger partial charge in [0, 0.05) is 5.41 Å². The van der Waals surface area contributed by atoms with Crippen molar-refractivity contribution in [3.63, 3.8) is 0 Å². The molecule has 0 aliphatic heterocycles. The van der Waals surface area contributed by atoms with Crippen LogP contribution in [0.2, 0.25) is 0 Å². The fourth-order valence-corrected chi connectivity index (χ4v) is 1.60. The Morgan fingerprint density at radius 1 is 1.47 bits per heavy atom. The monoisotopic (exact) mass is 223 g/mol. The molecule has 0 atom stereocenters. The summed E-state index contributed by atoms with van der Waals surface area (Å²) >= 11 is 1.35. The summed E-state index contributed by atoms with van der Waals surface area (Å²) in [6, 6.07) is 1.87. The van der Waals surface area contributed by atoms with Crippen molar-refractivity contribution in [2.45, 2.75) is 31.2 Å². The summed E-state index contributed by atoms with van der Waals surface area (Å²) < 4.78 is 0. The van der Waals surface area contributed by atoms with Crippen LogP contribution >= 0.6 is 11.8 Å². The molecule has 15 heavy (non-hydrogen) atoms. The number of thioether (sulfide) groups is 1. The molecule has 1 aromatic heterocycles. The summed E-state index contributed by atoms with van der Waals surface area (Å²) in [6.45, 7) is 5.88. The molecule has 1 aromatic rings. The molecule has 0 saturated heterocycles. The highest BCUT2D eigenvalue weighted by Crippen LogP contribution is 2.20. The SMILES string of the molecule is CSc1[nH]c(C(C)(C)C)nc(=O)c1C#N. The fourth-order valence-electron chi connectivity index (χ4n) is 1.06. The number of hydrogen-bond acceptors (Lipinski definition) is 4. The van der Waals surface area contributed by atoms with E-state index in [1.807, 2.05) is 33.1 Å². The first-order valence-corrected chi connectivity index (χ1v) is 5.71. The van der Waals surface area contributed by atoms with E-state index >= 15 is 0 Å². The first-order chi connectivity index (χ1) is 6.90. The Balaban J connectivity index is 3.48. The molecule has 0 radical (unpaired) electrons. The smallest absolute Gasteiger partial charge is 0.292 e. The van der Waals surface area contributed by atoms with Gasteiger partial charge < -0.3 is 4.98 Å². The third-order valence-electron chi connectivity index (χ3n) is 1.91. The summed E-state index contributed by atoms with van der Waals surface area (Å²) in [5.74, 6) is 0.607. The second kappa shape index (κ2) is 4.07. The number of nitriles is 1. The van der Waals surface area contributed by atoms with E-state index in [0.717, 1.165) is 0 Å². The van der Waals surface area contributed by atoms with Crippen molar-refractivity contribution >= 4 is 11.8 Å². The van der Waals surface area contributed by atoms with Crippen molar-refractivity contribution in [1.29, 1.82) is 5.26 Å². The van der Waals surface area contributed by atoms with Crippen molar-refractivity contribution < 1.29 is 0 Å². The maximum Gasteiger partial charge on any atom is 0.292 e. The van der Waals surface area contributed by atoms with Gasteiger partial charge in [0.2, 0.25) is 0 Å². The number of nitrogens with one attached hydrogen (secondary N) is 1. The molecule has 1 rings (SSSR count). The molecule has 0 bridgehead atoms. The van der Waals surface area contributed by atoms with E-state index in [2.05, 4.69) is 9.97 Å². The Hall–Kier alpha value is -1.28. The average molecular weight is 223 g/mol. The molecule has 0 aliphatic rings. The highest BCUT2D eigenvalue weighted by atomic mass is 32.2. The Morgan fingerprint density at radius 2 is 2.07 bits per heavy atom. The topological polar surface area (TPSA) is 69.5 Å². The molecule has 0 spiro atoms. The molecule has 0 fully saturated rings. The van der Waals surface area contributed by atoms with Gasteiger partial charge in [-0.1, -0.05) is 20.8 Å². The molecule has 1 heterocycles. The quantitative estimate of drug-likeness (QED) is 0.580. The molecule has 0 saturated carbocycles. The summed E-state index contributed by atoms with van der Waals surface area (Å²) in [5, 5.41) is 9.39. The second-order valence-corrected chi connectivity index (χ2v) is 4.98. The zero-order valence-electron chi connectivity index (χ0n) is 9.21. The van der Waals surface area contributed by atoms with Gasteiger partial charge >= 0.3 is 0 Å². The van der Waals surface area contributed by atoms with Crippen molar-refractivity contribution in [2.24, 2.45) is 0 Å². The van der Waals surface area contributed by atoms with Gasteiger partial charge in [-0.05, 0) is 6.26 Å². The minimum absolute atomic E-state index is 0.0931. The molecule has 0 amide bonds. The Labute approximate surface area is 92.7 Å². The molecule has 5 heteroatoms. The number of hydrogen-bond donors (Lipinski definition) is 1. The molecule has 80 valence electrons. The number of nitrogens with zero attached hydrogens (tertiary/aromatic N) is 2. The van der Waals surface area contributed by atoms with E-state index in [9.17, 15) is 4.79 Å². The van der Waals surface area contributed by atoms with E-state index in [4.69, 9.17) is 5.26 Å². The zero-order chi connectivity index (χ0) is 11.6. The van der Waals surface area contributed by atoms with Gasteiger partial charge in [0.1, 0.15) is 17.5 Å². The molecule has 4 nitrogen and oxygen atoms in total. The number of rotatable bonds is 1. The minimum atomic E-state index is -0.453. The van der Waals surface area contributed by atoms with Crippen LogP contribution in [0.25, 0.3) is 0 Å². The van der Waals surface area contributed by atoms with Crippen LogP contribution in [-0.2, 0) is 5.41 Å². The lowest BCUT2D eigenvalue weighted by Crippen LogP contribution is -2.24. The van der Waals surface area contributed by atoms with Gasteiger partial charge in [-0.15, -0.1) is 11.8 Å². The van der Waals surface area contributed by atoms with Crippen LogP contribution in [0.3, 0.4) is 0 Å². The standard InChI is InChI=1S/C10H13N3OS/c1-10(2,3)9-12-7(14)6(5-11)8(13-9)15-4/h1-4H3,(H,12,13,14). The van der Waals surface area contributed by atoms with Crippen LogP contribution in [0.4, 0.5) is 0 Å². The van der Waals surface area contributed by atoms with Gasteiger partial charge in [0.05, 0.1) is 5.03 Å². The van der Waals surface area contributed by atoms with Crippen LogP contribution in [0.15, 0.2) is 9.82 Å². The Bertz CT molecular complexity index is 465. The number of H-pyrrole nitrogens is 1. The van der Waals surface area contributed by atoms with Crippen LogP contribution in [0.5, 0.6) is 0 Å². The maximum absolute atomic E-state index is 11.5. The largest absolute Gasteiger partial charge is 0.337 e. The van der Waals surface area contributed by atoms with Crippen LogP contribution in [-0.4, -0.2) is 16.2 Å². The third-order valence-corrected chi connectivity index (χ3v) is 2.63. The van der Waals surface area contributed by atoms with E-state index in [0.29, 0.717) is 10.9 Å². The number of aromatic nitrogens is 2. The van der Waals surface area contributed by atoms with Crippen LogP contribution in [0.1, 0.15) is 32.2 Å². The summed E-state index contributed by atoms with van der Waals surface area (Å²) in [6.07, 6.45) is 1.82. The summed E-state index contributed by atoms with van der Waals surface area (Å²) in [4.78, 5) is 18.4. The first-order valence-electron chi connectivity index (χ1n) is 4.49. The van der Waals surface area contributed by atoms with Gasteiger partial charge in [-0.25, -0.2) is 0 Å². The van der Waals surface area contributed by atoms with Crippen molar-refractivity contribution in [3.8, 4) is 6.07 Å². The van der Waals surface area contributed by atoms with Crippen LogP contribution in [0, 0.1) is 11.3 Å². The highest BCUT2D eigenvalue weighted by Gasteiger charge is 2.19. The second-order valence-electron chi connectivity index (χ2n) is 4.16. The predicted molar refractivity (Wildman–Crippen MR) is 60.1 cm³/mol. The lowest BCUT2D eigenvalue weighted by molar-refractivity contribution is 0.535. The summed E-state index contributed by atoms with van der Waals surface area (Å²) in [7, 11) is 0. The van der Waals surface area contributed by atoms with Crippen molar-refractivity contribution in [1.82, 2.24) is 9.97 Å². The average Bonchev–Trinajstić information content (AvgIpc) is 2.15. The first kappa shape index (κ1) is 11.8. The van der Waals surface area contributed by atoms with Crippen LogP contribution < -0.4 is 5.56 Å². The highest BCUT2D eigenvalue weighted by molar-refractivity contribution is 7.98. The van der Waals surface area contributed by atoms with Gasteiger partial charge in [0.15, 0.2) is 0 Å². The lowest BCUT2D eigenvalue weighted by atomic mass is 9.96. The molecule has 0 aliphatic carbocycles. The van der Waals surface area contributed by atoms with E-state index in [1.54, 1.807) is 0 Å². The van der Waals surface area contributed by atoms with Crippen molar-refractivity contribution in [3.05, 3.63) is 21.7 Å². The third kappa shape index (κ3) is 2.39. The molecule has 1 N–H and O–H groups in total. The van der Waals surface area contributed by atoms with E-state index < -0.39 is 5.56 Å². The number of aromatic amines is 1. The molecule has 0 unspecified atom stereocenters. The van der Waals surface area contributed by atoms with Gasteiger partial charge in [-0.2, -0.15) is 10.2 Å². The Kier molecular flexibility index (Phi) is 3.20. The minimum Gasteiger partial charge on any atom is -0.337 e. The van der Waals surface area contributed by atoms with E-state index in [1.165, 1.54) is 11.8 Å². The Morgan fingerprint density at radius 3 is 2.47 bits per heavy atom. The zero-order valence-corrected chi connectivity index (χ0v) is 10.0. The predicted octanol–water partition coefficient (Wildman–Crippen LogP) is 1.66. The molecule has 0 aromatic carbocycles. The van der Waals surface area contributed by atoms with Gasteiger partial charge in [0.25, 0.3) is 5.56 Å². The van der Waals surface area contributed by atoms with Gasteiger partial charge in [-0.3, -0.25) is 4.79 Å². The lowest BCUT2D eigenvalue weighted by Gasteiger charge is -2.17. The molecular formula is C10H13N3OS. The normalized spacial score (nSPS) is 11.1. The summed E-state index contributed by atoms with van der Waals surface area (Å²) in [5.41, 5.74) is -0.585. The molecular weight excluding hydrogens is 210 g/mol. The van der Waals surface area contributed by atoms with E-state index in [-0.39, 0.29) is 11.0 Å². The van der Waals surface area contributed by atoms with Crippen molar-refractivity contribution in [2.75, 3.05) is 6.26 Å². The maximum atomic E-state index is 11.5.